The molecule has 1 heterocycles. The summed E-state index contributed by atoms with van der Waals surface area (Å²) in [6.07, 6.45) is 7.73. The highest BCUT2D eigenvalue weighted by Gasteiger charge is 2.10. The van der Waals surface area contributed by atoms with E-state index in [0.29, 0.717) is 0 Å². The van der Waals surface area contributed by atoms with E-state index in [2.05, 4.69) is 11.7 Å². The second kappa shape index (κ2) is 4.61. The number of allylic oxidation sites excluding steroid dienone is 5. The molecule has 2 nitrogen and oxygen atoms in total. The van der Waals surface area contributed by atoms with Crippen molar-refractivity contribution in [3.8, 4) is 0 Å². The zero-order valence-corrected chi connectivity index (χ0v) is 8.87. The van der Waals surface area contributed by atoms with Gasteiger partial charge in [-0.1, -0.05) is 36.0 Å². The number of hydrogen-bond donors (Lipinski definition) is 0. The van der Waals surface area contributed by atoms with Gasteiger partial charge in [0.15, 0.2) is 0 Å². The zero-order chi connectivity index (χ0) is 10.6. The van der Waals surface area contributed by atoms with Crippen LogP contribution in [0.3, 0.4) is 0 Å². The van der Waals surface area contributed by atoms with Crippen molar-refractivity contribution in [2.24, 2.45) is 0 Å². The molecule has 1 aromatic rings. The molecule has 0 spiro atoms. The lowest BCUT2D eigenvalue weighted by atomic mass is 10.0. The summed E-state index contributed by atoms with van der Waals surface area (Å²) in [4.78, 5) is 0. The molecule has 0 aliphatic heterocycles. The standard InChI is InChI=1S/C12H15NO/c1-5-7-11(8-6-2)12-9(3)13-14-10(12)4/h5-8H,1H2,2-4H3/b8-6-,11-7+. The fourth-order valence-corrected chi connectivity index (χ4v) is 1.42. The van der Waals surface area contributed by atoms with Crippen molar-refractivity contribution in [1.29, 1.82) is 0 Å². The van der Waals surface area contributed by atoms with E-state index in [9.17, 15) is 0 Å². The molecule has 0 N–H and O–H groups in total. The Morgan fingerprint density at radius 3 is 2.57 bits per heavy atom. The number of hydrogen-bond acceptors (Lipinski definition) is 2. The van der Waals surface area contributed by atoms with Gasteiger partial charge in [0.1, 0.15) is 5.76 Å². The first kappa shape index (κ1) is 10.5. The summed E-state index contributed by atoms with van der Waals surface area (Å²) in [6.45, 7) is 9.52. The van der Waals surface area contributed by atoms with Crippen LogP contribution in [0.5, 0.6) is 0 Å². The highest BCUT2D eigenvalue weighted by Crippen LogP contribution is 2.23. The van der Waals surface area contributed by atoms with Crippen molar-refractivity contribution in [3.63, 3.8) is 0 Å². The van der Waals surface area contributed by atoms with E-state index in [0.717, 1.165) is 22.6 Å². The number of aryl methyl sites for hydroxylation is 2. The molecular formula is C12H15NO. The third-order valence-corrected chi connectivity index (χ3v) is 1.97. The van der Waals surface area contributed by atoms with E-state index in [1.807, 2.05) is 39.0 Å². The van der Waals surface area contributed by atoms with Gasteiger partial charge in [-0.05, 0) is 26.3 Å². The molecule has 0 aromatic carbocycles. The van der Waals surface area contributed by atoms with E-state index in [4.69, 9.17) is 4.52 Å². The lowest BCUT2D eigenvalue weighted by Crippen LogP contribution is -1.84. The molecule has 14 heavy (non-hydrogen) atoms. The van der Waals surface area contributed by atoms with Crippen LogP contribution in [0.2, 0.25) is 0 Å². The van der Waals surface area contributed by atoms with Crippen molar-refractivity contribution in [2.45, 2.75) is 20.8 Å². The normalized spacial score (nSPS) is 12.4. The summed E-state index contributed by atoms with van der Waals surface area (Å²) in [5, 5.41) is 3.92. The minimum atomic E-state index is 0.841. The average Bonchev–Trinajstić information content (AvgIpc) is 2.46. The summed E-state index contributed by atoms with van der Waals surface area (Å²) >= 11 is 0. The molecule has 1 aromatic heterocycles. The monoisotopic (exact) mass is 189 g/mol. The first-order valence-electron chi connectivity index (χ1n) is 4.59. The van der Waals surface area contributed by atoms with E-state index in [-0.39, 0.29) is 0 Å². The van der Waals surface area contributed by atoms with Crippen molar-refractivity contribution < 1.29 is 4.52 Å². The quantitative estimate of drug-likeness (QED) is 0.681. The largest absolute Gasteiger partial charge is 0.361 e. The maximum Gasteiger partial charge on any atom is 0.141 e. The molecule has 0 fully saturated rings. The van der Waals surface area contributed by atoms with Gasteiger partial charge in [-0.3, -0.25) is 0 Å². The first-order valence-corrected chi connectivity index (χ1v) is 4.59. The molecule has 0 bridgehead atoms. The summed E-state index contributed by atoms with van der Waals surface area (Å²) in [7, 11) is 0. The molecule has 74 valence electrons. The molecule has 0 aliphatic rings. The molecule has 0 amide bonds. The van der Waals surface area contributed by atoms with Crippen molar-refractivity contribution in [3.05, 3.63) is 47.9 Å². The number of rotatable bonds is 3. The lowest BCUT2D eigenvalue weighted by molar-refractivity contribution is 0.393. The van der Waals surface area contributed by atoms with E-state index < -0.39 is 0 Å². The summed E-state index contributed by atoms with van der Waals surface area (Å²) in [5.74, 6) is 0.841. The molecule has 0 saturated heterocycles. The molecule has 0 saturated carbocycles. The van der Waals surface area contributed by atoms with Crippen molar-refractivity contribution >= 4 is 5.57 Å². The Hall–Kier alpha value is -1.57. The van der Waals surface area contributed by atoms with Gasteiger partial charge in [0.05, 0.1) is 5.69 Å². The second-order valence-electron chi connectivity index (χ2n) is 3.06. The zero-order valence-electron chi connectivity index (χ0n) is 8.87. The molecule has 0 unspecified atom stereocenters. The van der Waals surface area contributed by atoms with Gasteiger partial charge in [-0.15, -0.1) is 0 Å². The molecular weight excluding hydrogens is 174 g/mol. The first-order chi connectivity index (χ1) is 6.70. The predicted octanol–water partition coefficient (Wildman–Crippen LogP) is 3.44. The van der Waals surface area contributed by atoms with E-state index in [1.165, 1.54) is 0 Å². The second-order valence-corrected chi connectivity index (χ2v) is 3.06. The van der Waals surface area contributed by atoms with Crippen LogP contribution in [0.25, 0.3) is 5.57 Å². The predicted molar refractivity (Wildman–Crippen MR) is 59.0 cm³/mol. The Bertz CT molecular complexity index is 364. The van der Waals surface area contributed by atoms with Gasteiger partial charge < -0.3 is 4.52 Å². The van der Waals surface area contributed by atoms with Crippen LogP contribution < -0.4 is 0 Å². The number of aromatic nitrogens is 1. The highest BCUT2D eigenvalue weighted by atomic mass is 16.5. The van der Waals surface area contributed by atoms with Gasteiger partial charge in [-0.25, -0.2) is 0 Å². The minimum absolute atomic E-state index is 0.841. The van der Waals surface area contributed by atoms with Gasteiger partial charge in [-0.2, -0.15) is 0 Å². The minimum Gasteiger partial charge on any atom is -0.361 e. The van der Waals surface area contributed by atoms with Crippen LogP contribution in [0.15, 0.2) is 35.4 Å². The van der Waals surface area contributed by atoms with Crippen molar-refractivity contribution in [1.82, 2.24) is 5.16 Å². The number of nitrogens with zero attached hydrogens (tertiary/aromatic N) is 1. The Balaban J connectivity index is 3.24. The van der Waals surface area contributed by atoms with Crippen LogP contribution >= 0.6 is 0 Å². The van der Waals surface area contributed by atoms with Crippen LogP contribution in [-0.2, 0) is 0 Å². The van der Waals surface area contributed by atoms with Crippen molar-refractivity contribution in [2.75, 3.05) is 0 Å². The Morgan fingerprint density at radius 2 is 2.14 bits per heavy atom. The van der Waals surface area contributed by atoms with Gasteiger partial charge in [0.25, 0.3) is 0 Å². The molecule has 0 atom stereocenters. The summed E-state index contributed by atoms with van der Waals surface area (Å²) in [5.41, 5.74) is 3.05. The summed E-state index contributed by atoms with van der Waals surface area (Å²) in [6, 6.07) is 0. The lowest BCUT2D eigenvalue weighted by Gasteiger charge is -1.99. The average molecular weight is 189 g/mol. The van der Waals surface area contributed by atoms with Crippen LogP contribution in [0.4, 0.5) is 0 Å². The van der Waals surface area contributed by atoms with Crippen LogP contribution in [0.1, 0.15) is 23.9 Å². The SMILES string of the molecule is C=C/C=C(\C=C/C)c1c(C)noc1C. The van der Waals surface area contributed by atoms with Crippen LogP contribution in [-0.4, -0.2) is 5.16 Å². The third-order valence-electron chi connectivity index (χ3n) is 1.97. The maximum absolute atomic E-state index is 5.11. The highest BCUT2D eigenvalue weighted by molar-refractivity contribution is 5.77. The third kappa shape index (κ3) is 2.02. The Morgan fingerprint density at radius 1 is 1.43 bits per heavy atom. The van der Waals surface area contributed by atoms with E-state index in [1.54, 1.807) is 6.08 Å². The summed E-state index contributed by atoms with van der Waals surface area (Å²) < 4.78 is 5.11. The van der Waals surface area contributed by atoms with E-state index >= 15 is 0 Å². The molecule has 2 heteroatoms. The maximum atomic E-state index is 5.11. The fourth-order valence-electron chi connectivity index (χ4n) is 1.42. The topological polar surface area (TPSA) is 26.0 Å². The molecule has 0 radical (unpaired) electrons. The molecule has 1 rings (SSSR count). The van der Waals surface area contributed by atoms with Crippen LogP contribution in [0, 0.1) is 13.8 Å². The molecule has 0 aliphatic carbocycles. The fraction of sp³-hybridized carbons (Fsp3) is 0.250. The Kier molecular flexibility index (Phi) is 3.46. The Labute approximate surface area is 84.6 Å². The van der Waals surface area contributed by atoms with Gasteiger partial charge in [0.2, 0.25) is 0 Å². The van der Waals surface area contributed by atoms with Gasteiger partial charge in [0, 0.05) is 5.56 Å². The smallest absolute Gasteiger partial charge is 0.141 e. The van der Waals surface area contributed by atoms with Gasteiger partial charge >= 0.3 is 0 Å².